The number of furan rings is 1. The second kappa shape index (κ2) is 11.5. The molecule has 5 nitrogen and oxygen atoms in total. The molecule has 0 radical (unpaired) electrons. The van der Waals surface area contributed by atoms with Crippen molar-refractivity contribution in [3.63, 3.8) is 0 Å². The Labute approximate surface area is 288 Å². The molecule has 2 atom stereocenters. The first-order valence-electron chi connectivity index (χ1n) is 16.9. The summed E-state index contributed by atoms with van der Waals surface area (Å²) in [6.07, 6.45) is 8.55. The van der Waals surface area contributed by atoms with E-state index < -0.39 is 0 Å². The van der Waals surface area contributed by atoms with Crippen LogP contribution in [0, 0.1) is 0 Å². The van der Waals surface area contributed by atoms with Crippen LogP contribution in [0.15, 0.2) is 168 Å². The molecule has 0 spiro atoms. The van der Waals surface area contributed by atoms with Gasteiger partial charge in [0, 0.05) is 55.6 Å². The summed E-state index contributed by atoms with van der Waals surface area (Å²) in [5, 5.41) is 2.14. The highest BCUT2D eigenvalue weighted by atomic mass is 16.5. The molecular weight excluding hydrogens is 615 g/mol. The lowest BCUT2D eigenvalue weighted by Crippen LogP contribution is -2.15. The third-order valence-electron chi connectivity index (χ3n) is 9.69. The van der Waals surface area contributed by atoms with E-state index in [1.54, 1.807) is 0 Å². The van der Waals surface area contributed by atoms with E-state index in [4.69, 9.17) is 24.1 Å². The SMILES string of the molecule is C1=CC2Oc3c(-c4cccc5c4oc4c(-c6cccc(-c7nc(-c8ccccc8)nc(-c8ccccc8)n7)c6)cccc45)cccc3C2C=C1. The molecule has 236 valence electrons. The standard InChI is InChI=1S/C45H29N3O2/c1-3-13-28(14-4-1)43-46-44(29-15-5-2-6-16-29)48-45(47-43)31-18-9-17-30(27-31)32-20-10-22-35-37-24-12-25-38(42(37)50-40(32)35)36-23-11-21-34-33-19-7-8-26-39(33)49-41(34)36/h1-27,33,39H. The summed E-state index contributed by atoms with van der Waals surface area (Å²) >= 11 is 0. The van der Waals surface area contributed by atoms with Gasteiger partial charge in [-0.2, -0.15) is 0 Å². The van der Waals surface area contributed by atoms with Crippen LogP contribution in [-0.2, 0) is 0 Å². The third-order valence-corrected chi connectivity index (χ3v) is 9.69. The monoisotopic (exact) mass is 643 g/mol. The maximum absolute atomic E-state index is 6.88. The highest BCUT2D eigenvalue weighted by Gasteiger charge is 2.34. The number of para-hydroxylation sites is 3. The molecule has 6 aromatic carbocycles. The van der Waals surface area contributed by atoms with Crippen molar-refractivity contribution in [1.29, 1.82) is 0 Å². The van der Waals surface area contributed by atoms with Crippen LogP contribution in [0.2, 0.25) is 0 Å². The van der Waals surface area contributed by atoms with Gasteiger partial charge >= 0.3 is 0 Å². The molecule has 1 aliphatic carbocycles. The summed E-state index contributed by atoms with van der Waals surface area (Å²) in [4.78, 5) is 14.8. The predicted octanol–water partition coefficient (Wildman–Crippen LogP) is 11.1. The van der Waals surface area contributed by atoms with Crippen molar-refractivity contribution < 1.29 is 9.15 Å². The molecule has 10 rings (SSSR count). The first-order chi connectivity index (χ1) is 24.8. The number of nitrogens with zero attached hydrogens (tertiary/aromatic N) is 3. The Balaban J connectivity index is 1.10. The summed E-state index contributed by atoms with van der Waals surface area (Å²) in [6, 6.07) is 47.6. The van der Waals surface area contributed by atoms with Gasteiger partial charge < -0.3 is 9.15 Å². The van der Waals surface area contributed by atoms with Crippen molar-refractivity contribution in [2.24, 2.45) is 0 Å². The Kier molecular flexibility index (Phi) is 6.56. The number of rotatable bonds is 5. The Bertz CT molecular complexity index is 2580. The fourth-order valence-electron chi connectivity index (χ4n) is 7.30. The van der Waals surface area contributed by atoms with E-state index in [1.807, 2.05) is 60.7 Å². The Morgan fingerprint density at radius 1 is 0.440 bits per heavy atom. The average molecular weight is 644 g/mol. The van der Waals surface area contributed by atoms with Gasteiger partial charge in [0.25, 0.3) is 0 Å². The minimum Gasteiger partial charge on any atom is -0.484 e. The van der Waals surface area contributed by atoms with Gasteiger partial charge in [0.15, 0.2) is 17.5 Å². The zero-order valence-corrected chi connectivity index (χ0v) is 26.9. The molecule has 50 heavy (non-hydrogen) atoms. The van der Waals surface area contributed by atoms with E-state index in [0.29, 0.717) is 17.5 Å². The van der Waals surface area contributed by atoms with Gasteiger partial charge in [-0.15, -0.1) is 0 Å². The highest BCUT2D eigenvalue weighted by molar-refractivity contribution is 6.13. The number of benzene rings is 6. The quantitative estimate of drug-likeness (QED) is 0.187. The van der Waals surface area contributed by atoms with Crippen LogP contribution >= 0.6 is 0 Å². The summed E-state index contributed by atoms with van der Waals surface area (Å²) in [5.41, 5.74) is 9.76. The van der Waals surface area contributed by atoms with Crippen LogP contribution in [0.4, 0.5) is 0 Å². The normalized spacial score (nSPS) is 16.0. The van der Waals surface area contributed by atoms with Crippen molar-refractivity contribution in [3.05, 3.63) is 169 Å². The van der Waals surface area contributed by atoms with Crippen molar-refractivity contribution >= 4 is 21.9 Å². The Morgan fingerprint density at radius 3 is 1.70 bits per heavy atom. The largest absolute Gasteiger partial charge is 0.484 e. The molecule has 0 bridgehead atoms. The molecule has 1 aliphatic heterocycles. The number of fused-ring (bicyclic) bond motifs is 6. The molecule has 0 saturated carbocycles. The Morgan fingerprint density at radius 2 is 0.980 bits per heavy atom. The lowest BCUT2D eigenvalue weighted by Gasteiger charge is -2.14. The molecule has 2 unspecified atom stereocenters. The van der Waals surface area contributed by atoms with E-state index in [0.717, 1.165) is 66.6 Å². The molecule has 2 aromatic heterocycles. The van der Waals surface area contributed by atoms with Gasteiger partial charge in [0.05, 0.1) is 0 Å². The smallest absolute Gasteiger partial charge is 0.164 e. The molecule has 3 heterocycles. The van der Waals surface area contributed by atoms with E-state index in [9.17, 15) is 0 Å². The first-order valence-corrected chi connectivity index (χ1v) is 16.9. The molecule has 8 aromatic rings. The third kappa shape index (κ3) is 4.66. The van der Waals surface area contributed by atoms with Crippen LogP contribution in [0.1, 0.15) is 11.5 Å². The number of allylic oxidation sites excluding steroid dienone is 2. The van der Waals surface area contributed by atoms with Gasteiger partial charge in [0.2, 0.25) is 0 Å². The predicted molar refractivity (Wildman–Crippen MR) is 200 cm³/mol. The van der Waals surface area contributed by atoms with Crippen molar-refractivity contribution in [1.82, 2.24) is 15.0 Å². The van der Waals surface area contributed by atoms with Gasteiger partial charge in [-0.25, -0.2) is 15.0 Å². The number of aromatic nitrogens is 3. The van der Waals surface area contributed by atoms with E-state index in [1.165, 1.54) is 5.56 Å². The van der Waals surface area contributed by atoms with E-state index in [2.05, 4.69) is 103 Å². The van der Waals surface area contributed by atoms with Crippen LogP contribution in [0.25, 0.3) is 78.4 Å². The van der Waals surface area contributed by atoms with Crippen LogP contribution in [0.5, 0.6) is 5.75 Å². The van der Waals surface area contributed by atoms with Crippen LogP contribution in [-0.4, -0.2) is 21.1 Å². The second-order valence-electron chi connectivity index (χ2n) is 12.7. The van der Waals surface area contributed by atoms with Gasteiger partial charge in [-0.3, -0.25) is 0 Å². The molecule has 0 saturated heterocycles. The minimum absolute atomic E-state index is 0.0156. The molecule has 0 N–H and O–H groups in total. The summed E-state index contributed by atoms with van der Waals surface area (Å²) in [6.45, 7) is 0. The fourth-order valence-corrected chi connectivity index (χ4v) is 7.30. The fraction of sp³-hybridized carbons (Fsp3) is 0.0444. The van der Waals surface area contributed by atoms with Crippen LogP contribution in [0.3, 0.4) is 0 Å². The highest BCUT2D eigenvalue weighted by Crippen LogP contribution is 2.49. The Hall–Kier alpha value is -6.59. The number of ether oxygens (including phenoxy) is 1. The second-order valence-corrected chi connectivity index (χ2v) is 12.7. The first kappa shape index (κ1) is 28.4. The lowest BCUT2D eigenvalue weighted by molar-refractivity contribution is 0.270. The topological polar surface area (TPSA) is 61.0 Å². The van der Waals surface area contributed by atoms with E-state index in [-0.39, 0.29) is 12.0 Å². The molecule has 0 amide bonds. The lowest BCUT2D eigenvalue weighted by atomic mass is 9.90. The molecular formula is C45H29N3O2. The molecule has 0 fully saturated rings. The molecule has 5 heteroatoms. The van der Waals surface area contributed by atoms with Gasteiger partial charge in [0.1, 0.15) is 23.0 Å². The van der Waals surface area contributed by atoms with Crippen molar-refractivity contribution in [2.75, 3.05) is 0 Å². The zero-order valence-electron chi connectivity index (χ0n) is 26.9. The molecule has 2 aliphatic rings. The maximum atomic E-state index is 6.88. The summed E-state index contributed by atoms with van der Waals surface area (Å²) in [5.74, 6) is 3.04. The maximum Gasteiger partial charge on any atom is 0.164 e. The number of hydrogen-bond donors (Lipinski definition) is 0. The van der Waals surface area contributed by atoms with Crippen molar-refractivity contribution in [3.8, 4) is 62.2 Å². The summed E-state index contributed by atoms with van der Waals surface area (Å²) < 4.78 is 13.4. The van der Waals surface area contributed by atoms with Gasteiger partial charge in [-0.05, 0) is 17.7 Å². The van der Waals surface area contributed by atoms with Gasteiger partial charge in [-0.1, -0.05) is 152 Å². The van der Waals surface area contributed by atoms with Crippen LogP contribution < -0.4 is 4.74 Å². The summed E-state index contributed by atoms with van der Waals surface area (Å²) in [7, 11) is 0. The number of hydrogen-bond acceptors (Lipinski definition) is 5. The zero-order chi connectivity index (χ0) is 33.0. The van der Waals surface area contributed by atoms with E-state index >= 15 is 0 Å². The average Bonchev–Trinajstić information content (AvgIpc) is 3.77. The van der Waals surface area contributed by atoms with Crippen molar-refractivity contribution in [2.45, 2.75) is 12.0 Å². The minimum atomic E-state index is 0.0156.